The molecule has 2 aromatic heterocycles. The van der Waals surface area contributed by atoms with Crippen LogP contribution in [0.2, 0.25) is 0 Å². The van der Waals surface area contributed by atoms with Gasteiger partial charge >= 0.3 is 0 Å². The Morgan fingerprint density at radius 2 is 2.14 bits per heavy atom. The third-order valence-corrected chi connectivity index (χ3v) is 4.14. The predicted octanol–water partition coefficient (Wildman–Crippen LogP) is 3.80. The zero-order chi connectivity index (χ0) is 16.2. The maximum atomic E-state index is 11.9. The molecule has 0 saturated carbocycles. The van der Waals surface area contributed by atoms with Crippen LogP contribution in [0.25, 0.3) is 0 Å². The molecule has 0 aromatic carbocycles. The number of amides is 1. The van der Waals surface area contributed by atoms with Crippen molar-refractivity contribution >= 4 is 23.5 Å². The summed E-state index contributed by atoms with van der Waals surface area (Å²) in [4.78, 5) is 20.3. The van der Waals surface area contributed by atoms with E-state index in [2.05, 4.69) is 36.1 Å². The van der Waals surface area contributed by atoms with Gasteiger partial charge in [-0.25, -0.2) is 9.97 Å². The van der Waals surface area contributed by atoms with E-state index < -0.39 is 0 Å². The van der Waals surface area contributed by atoms with Gasteiger partial charge in [0.15, 0.2) is 0 Å². The van der Waals surface area contributed by atoms with E-state index in [9.17, 15) is 4.79 Å². The number of anilines is 1. The Kier molecular flexibility index (Phi) is 5.24. The first-order valence-electron chi connectivity index (χ1n) is 7.15. The Bertz CT molecular complexity index is 620. The molecule has 0 unspecified atom stereocenters. The van der Waals surface area contributed by atoms with Crippen molar-refractivity contribution in [2.45, 2.75) is 38.4 Å². The van der Waals surface area contributed by atoms with Crippen LogP contribution in [0.1, 0.15) is 44.6 Å². The molecule has 2 rings (SSSR count). The van der Waals surface area contributed by atoms with E-state index in [0.29, 0.717) is 17.5 Å². The van der Waals surface area contributed by atoms with Crippen molar-refractivity contribution in [2.24, 2.45) is 0 Å². The van der Waals surface area contributed by atoms with Gasteiger partial charge in [0.2, 0.25) is 11.8 Å². The van der Waals surface area contributed by atoms with E-state index >= 15 is 0 Å². The first-order chi connectivity index (χ1) is 10.4. The van der Waals surface area contributed by atoms with E-state index in [0.717, 1.165) is 5.76 Å². The molecular weight excluding hydrogens is 298 g/mol. The topological polar surface area (TPSA) is 68.0 Å². The lowest BCUT2D eigenvalue weighted by Gasteiger charge is -2.13. The summed E-state index contributed by atoms with van der Waals surface area (Å²) in [5.74, 6) is 2.31. The molecule has 6 heteroatoms. The third-order valence-electron chi connectivity index (χ3n) is 3.01. The van der Waals surface area contributed by atoms with Crippen molar-refractivity contribution in [3.63, 3.8) is 0 Å². The van der Waals surface area contributed by atoms with Gasteiger partial charge < -0.3 is 9.73 Å². The summed E-state index contributed by atoms with van der Waals surface area (Å²) in [7, 11) is 0. The van der Waals surface area contributed by atoms with Crippen molar-refractivity contribution < 1.29 is 9.21 Å². The average Bonchev–Trinajstić information content (AvgIpc) is 2.96. The molecule has 0 aliphatic carbocycles. The summed E-state index contributed by atoms with van der Waals surface area (Å²) in [6, 6.07) is 5.40. The number of carbonyl (C=O) groups is 1. The number of nitrogens with one attached hydrogen (secondary N) is 1. The number of nitrogens with zero attached hydrogens (tertiary/aromatic N) is 2. The first-order valence-corrected chi connectivity index (χ1v) is 8.20. The molecular formula is C16H21N3O2S. The normalized spacial score (nSPS) is 12.9. The molecule has 2 heterocycles. The van der Waals surface area contributed by atoms with Crippen LogP contribution in [-0.2, 0) is 10.2 Å². The maximum Gasteiger partial charge on any atom is 0.235 e. The van der Waals surface area contributed by atoms with Crippen LogP contribution < -0.4 is 5.32 Å². The molecule has 1 N–H and O–H groups in total. The molecule has 22 heavy (non-hydrogen) atoms. The summed E-state index contributed by atoms with van der Waals surface area (Å²) in [6.07, 6.45) is 3.41. The van der Waals surface area contributed by atoms with E-state index in [1.807, 2.05) is 19.1 Å². The van der Waals surface area contributed by atoms with E-state index in [1.165, 1.54) is 11.8 Å². The lowest BCUT2D eigenvalue weighted by molar-refractivity contribution is -0.113. The number of pyridine rings is 1. The third kappa shape index (κ3) is 4.59. The van der Waals surface area contributed by atoms with Crippen molar-refractivity contribution in [3.8, 4) is 0 Å². The lowest BCUT2D eigenvalue weighted by Crippen LogP contribution is -2.15. The summed E-state index contributed by atoms with van der Waals surface area (Å²) in [6.45, 7) is 8.22. The molecule has 5 nitrogen and oxygen atoms in total. The van der Waals surface area contributed by atoms with Gasteiger partial charge in [0, 0.05) is 11.6 Å². The average molecular weight is 319 g/mol. The van der Waals surface area contributed by atoms with Crippen LogP contribution in [0.3, 0.4) is 0 Å². The number of hydrogen-bond acceptors (Lipinski definition) is 5. The van der Waals surface area contributed by atoms with Crippen molar-refractivity contribution in [1.29, 1.82) is 0 Å². The number of oxazole rings is 1. The van der Waals surface area contributed by atoms with E-state index in [4.69, 9.17) is 4.42 Å². The number of rotatable bonds is 5. The van der Waals surface area contributed by atoms with Gasteiger partial charge in [-0.05, 0) is 19.1 Å². The SMILES string of the molecule is C[C@@H](SCC(=O)Nc1ccccn1)c1ncc(C(C)(C)C)o1. The minimum Gasteiger partial charge on any atom is -0.444 e. The second kappa shape index (κ2) is 6.96. The Balaban J connectivity index is 1.86. The van der Waals surface area contributed by atoms with Crippen LogP contribution >= 0.6 is 11.8 Å². The smallest absolute Gasteiger partial charge is 0.235 e. The summed E-state index contributed by atoms with van der Waals surface area (Å²) < 4.78 is 5.78. The van der Waals surface area contributed by atoms with Gasteiger partial charge in [-0.15, -0.1) is 11.8 Å². The Hall–Kier alpha value is -1.82. The zero-order valence-electron chi connectivity index (χ0n) is 13.3. The Labute approximate surface area is 134 Å². The molecule has 0 bridgehead atoms. The van der Waals surface area contributed by atoms with Crippen molar-refractivity contribution in [1.82, 2.24) is 9.97 Å². The Morgan fingerprint density at radius 3 is 2.73 bits per heavy atom. The number of carbonyl (C=O) groups excluding carboxylic acids is 1. The lowest BCUT2D eigenvalue weighted by atomic mass is 9.94. The zero-order valence-corrected chi connectivity index (χ0v) is 14.1. The van der Waals surface area contributed by atoms with Crippen LogP contribution in [0, 0.1) is 0 Å². The van der Waals surface area contributed by atoms with Crippen LogP contribution in [0.4, 0.5) is 5.82 Å². The highest BCUT2D eigenvalue weighted by molar-refractivity contribution is 8.00. The molecule has 0 radical (unpaired) electrons. The van der Waals surface area contributed by atoms with E-state index in [-0.39, 0.29) is 16.6 Å². The van der Waals surface area contributed by atoms with Gasteiger partial charge in [-0.2, -0.15) is 0 Å². The number of hydrogen-bond donors (Lipinski definition) is 1. The van der Waals surface area contributed by atoms with Crippen LogP contribution in [0.15, 0.2) is 35.0 Å². The molecule has 2 aromatic rings. The molecule has 0 spiro atoms. The monoisotopic (exact) mass is 319 g/mol. The Morgan fingerprint density at radius 1 is 1.36 bits per heavy atom. The van der Waals surface area contributed by atoms with Crippen LogP contribution in [0.5, 0.6) is 0 Å². The quantitative estimate of drug-likeness (QED) is 0.908. The number of thioether (sulfide) groups is 1. The molecule has 1 amide bonds. The van der Waals surface area contributed by atoms with Crippen molar-refractivity contribution in [2.75, 3.05) is 11.1 Å². The molecule has 0 aliphatic heterocycles. The fourth-order valence-corrected chi connectivity index (χ4v) is 2.43. The van der Waals surface area contributed by atoms with Crippen LogP contribution in [-0.4, -0.2) is 21.6 Å². The highest BCUT2D eigenvalue weighted by Gasteiger charge is 2.21. The minimum absolute atomic E-state index is 0.0191. The molecule has 1 atom stereocenters. The first kappa shape index (κ1) is 16.5. The standard InChI is InChI=1S/C16H21N3O2S/c1-11(15-18-9-12(21-15)16(2,3)4)22-10-14(20)19-13-7-5-6-8-17-13/h5-9,11H,10H2,1-4H3,(H,17,19,20)/t11-/m1/s1. The highest BCUT2D eigenvalue weighted by Crippen LogP contribution is 2.31. The van der Waals surface area contributed by atoms with Gasteiger partial charge in [0.1, 0.15) is 11.6 Å². The molecule has 118 valence electrons. The second-order valence-electron chi connectivity index (χ2n) is 6.03. The second-order valence-corrected chi connectivity index (χ2v) is 7.36. The molecule has 0 aliphatic rings. The van der Waals surface area contributed by atoms with Crippen molar-refractivity contribution in [3.05, 3.63) is 42.2 Å². The largest absolute Gasteiger partial charge is 0.444 e. The van der Waals surface area contributed by atoms with Gasteiger partial charge in [0.25, 0.3) is 0 Å². The van der Waals surface area contributed by atoms with Gasteiger partial charge in [-0.1, -0.05) is 26.8 Å². The van der Waals surface area contributed by atoms with Gasteiger partial charge in [-0.3, -0.25) is 4.79 Å². The summed E-state index contributed by atoms with van der Waals surface area (Å²) in [5, 5.41) is 2.78. The minimum atomic E-state index is -0.0850. The van der Waals surface area contributed by atoms with E-state index in [1.54, 1.807) is 18.5 Å². The summed E-state index contributed by atoms with van der Waals surface area (Å²) in [5.41, 5.74) is -0.0635. The fraction of sp³-hybridized carbons (Fsp3) is 0.438. The fourth-order valence-electron chi connectivity index (χ4n) is 1.71. The predicted molar refractivity (Wildman–Crippen MR) is 88.9 cm³/mol. The highest BCUT2D eigenvalue weighted by atomic mass is 32.2. The summed E-state index contributed by atoms with van der Waals surface area (Å²) >= 11 is 1.48. The molecule has 0 saturated heterocycles. The maximum absolute atomic E-state index is 11.9. The molecule has 0 fully saturated rings. The number of aromatic nitrogens is 2. The van der Waals surface area contributed by atoms with Gasteiger partial charge in [0.05, 0.1) is 17.2 Å².